The quantitative estimate of drug-likeness (QED) is 0.289. The summed E-state index contributed by atoms with van der Waals surface area (Å²) >= 11 is 0. The number of fused-ring (bicyclic) bond motifs is 12. The maximum Gasteiger partial charge on any atom is 0.147 e. The minimum Gasteiger partial charge on any atom is -0.292 e. The molecule has 0 bridgehead atoms. The van der Waals surface area contributed by atoms with Gasteiger partial charge >= 0.3 is 0 Å². The summed E-state index contributed by atoms with van der Waals surface area (Å²) in [5, 5.41) is 3.84. The molecule has 0 N–H and O–H groups in total. The number of rotatable bonds is 0. The van der Waals surface area contributed by atoms with Crippen molar-refractivity contribution in [1.82, 2.24) is 9.38 Å². The molecule has 0 spiro atoms. The van der Waals surface area contributed by atoms with Gasteiger partial charge < -0.3 is 0 Å². The first-order chi connectivity index (χ1) is 13.9. The number of aromatic nitrogens is 2. The van der Waals surface area contributed by atoms with Crippen molar-refractivity contribution >= 4 is 38.4 Å². The van der Waals surface area contributed by atoms with Crippen molar-refractivity contribution in [2.24, 2.45) is 0 Å². The van der Waals surface area contributed by atoms with Crippen molar-refractivity contribution in [3.8, 4) is 11.1 Å². The molecule has 0 aliphatic heterocycles. The van der Waals surface area contributed by atoms with Crippen LogP contribution in [0.2, 0.25) is 0 Å². The number of pyridine rings is 1. The maximum atomic E-state index is 5.11. The molecule has 0 amide bonds. The van der Waals surface area contributed by atoms with E-state index < -0.39 is 0 Å². The molecule has 2 heteroatoms. The molecular weight excluding hydrogens is 340 g/mol. The van der Waals surface area contributed by atoms with Crippen LogP contribution in [-0.4, -0.2) is 9.38 Å². The Kier molecular flexibility index (Phi) is 2.57. The van der Waals surface area contributed by atoms with Crippen LogP contribution >= 0.6 is 0 Å². The number of hydrogen-bond acceptors (Lipinski definition) is 1. The molecule has 7 rings (SSSR count). The molecule has 2 heterocycles. The maximum absolute atomic E-state index is 5.11. The highest BCUT2D eigenvalue weighted by atomic mass is 15.0. The van der Waals surface area contributed by atoms with Crippen LogP contribution < -0.4 is 0 Å². The normalized spacial score (nSPS) is 12.9. The van der Waals surface area contributed by atoms with Gasteiger partial charge in [0, 0.05) is 10.8 Å². The van der Waals surface area contributed by atoms with Crippen LogP contribution in [0.3, 0.4) is 0 Å². The number of hydrogen-bond donors (Lipinski definition) is 0. The molecule has 0 atom stereocenters. The summed E-state index contributed by atoms with van der Waals surface area (Å²) < 4.78 is 2.34. The monoisotopic (exact) mass is 356 g/mol. The summed E-state index contributed by atoms with van der Waals surface area (Å²) in [6, 6.07) is 30.5. The van der Waals surface area contributed by atoms with E-state index in [1.807, 2.05) is 0 Å². The fourth-order valence-electron chi connectivity index (χ4n) is 5.01. The zero-order valence-corrected chi connectivity index (χ0v) is 15.2. The number of nitrogens with zero attached hydrogens (tertiary/aromatic N) is 2. The van der Waals surface area contributed by atoms with Crippen LogP contribution in [0.5, 0.6) is 0 Å². The summed E-state index contributed by atoms with van der Waals surface area (Å²) in [5.74, 6) is 0. The fraction of sp³-hybridized carbons (Fsp3) is 0.0385. The van der Waals surface area contributed by atoms with E-state index in [-0.39, 0.29) is 0 Å². The van der Waals surface area contributed by atoms with Gasteiger partial charge in [-0.1, -0.05) is 66.7 Å². The van der Waals surface area contributed by atoms with E-state index >= 15 is 0 Å². The zero-order valence-electron chi connectivity index (χ0n) is 15.2. The molecule has 1 aliphatic carbocycles. The molecule has 0 unspecified atom stereocenters. The Balaban J connectivity index is 1.84. The lowest BCUT2D eigenvalue weighted by Crippen LogP contribution is -1.93. The predicted octanol–water partition coefficient (Wildman–Crippen LogP) is 6.37. The standard InChI is InChI=1S/C26H16N2/c1-2-8-18-16(7-1)15-17-13-14-20-19-9-3-5-11-22(19)28-23-12-6-4-10-21(23)27-26(28)25(20)24(17)18/h1-14H,15H2. The topological polar surface area (TPSA) is 17.3 Å². The Bertz CT molecular complexity index is 1590. The van der Waals surface area contributed by atoms with Gasteiger partial charge in [-0.25, -0.2) is 4.98 Å². The van der Waals surface area contributed by atoms with Crippen molar-refractivity contribution in [3.05, 3.63) is 96.1 Å². The van der Waals surface area contributed by atoms with Gasteiger partial charge in [-0.3, -0.25) is 4.40 Å². The van der Waals surface area contributed by atoms with E-state index in [1.54, 1.807) is 0 Å². The molecule has 1 aliphatic rings. The zero-order chi connectivity index (χ0) is 18.2. The number of imidazole rings is 1. The first-order valence-corrected chi connectivity index (χ1v) is 9.72. The molecule has 2 aromatic heterocycles. The number of benzene rings is 4. The van der Waals surface area contributed by atoms with Crippen LogP contribution in [0.15, 0.2) is 84.9 Å². The largest absolute Gasteiger partial charge is 0.292 e. The third-order valence-electron chi connectivity index (χ3n) is 6.18. The summed E-state index contributed by atoms with van der Waals surface area (Å²) in [4.78, 5) is 5.11. The van der Waals surface area contributed by atoms with E-state index in [0.29, 0.717) is 0 Å². The van der Waals surface area contributed by atoms with E-state index in [2.05, 4.69) is 89.3 Å². The van der Waals surface area contributed by atoms with Gasteiger partial charge in [-0.2, -0.15) is 0 Å². The second kappa shape index (κ2) is 4.99. The van der Waals surface area contributed by atoms with Crippen LogP contribution in [0.4, 0.5) is 0 Å². The second-order valence-electron chi connectivity index (χ2n) is 7.63. The molecule has 6 aromatic rings. The first-order valence-electron chi connectivity index (χ1n) is 9.72. The lowest BCUT2D eigenvalue weighted by Gasteiger charge is -2.13. The lowest BCUT2D eigenvalue weighted by molar-refractivity contribution is 1.26. The van der Waals surface area contributed by atoms with Gasteiger partial charge in [0.25, 0.3) is 0 Å². The average molecular weight is 356 g/mol. The Hall–Kier alpha value is -3.65. The van der Waals surface area contributed by atoms with Crippen LogP contribution in [-0.2, 0) is 6.42 Å². The Morgan fingerprint density at radius 3 is 2.39 bits per heavy atom. The third kappa shape index (κ3) is 1.66. The van der Waals surface area contributed by atoms with Gasteiger partial charge in [-0.15, -0.1) is 0 Å². The third-order valence-corrected chi connectivity index (χ3v) is 6.18. The van der Waals surface area contributed by atoms with Gasteiger partial charge in [0.05, 0.1) is 16.6 Å². The van der Waals surface area contributed by atoms with Gasteiger partial charge in [0.15, 0.2) is 0 Å². The SMILES string of the molecule is c1ccc2c(c1)Cc1ccc3c4ccccc4n4c5ccccc5nc4c3c1-2. The summed E-state index contributed by atoms with van der Waals surface area (Å²) in [6.45, 7) is 0. The fourth-order valence-corrected chi connectivity index (χ4v) is 5.01. The van der Waals surface area contributed by atoms with Crippen molar-refractivity contribution in [3.63, 3.8) is 0 Å². The van der Waals surface area contributed by atoms with E-state index in [4.69, 9.17) is 4.98 Å². The molecule has 0 radical (unpaired) electrons. The van der Waals surface area contributed by atoms with Crippen molar-refractivity contribution in [1.29, 1.82) is 0 Å². The molecule has 0 saturated heterocycles. The van der Waals surface area contributed by atoms with Gasteiger partial charge in [0.1, 0.15) is 5.65 Å². The highest BCUT2D eigenvalue weighted by molar-refractivity contribution is 6.19. The van der Waals surface area contributed by atoms with Crippen LogP contribution in [0, 0.1) is 0 Å². The van der Waals surface area contributed by atoms with E-state index in [1.165, 1.54) is 49.4 Å². The summed E-state index contributed by atoms with van der Waals surface area (Å²) in [5.41, 5.74) is 10.0. The molecule has 0 saturated carbocycles. The Morgan fingerprint density at radius 1 is 0.643 bits per heavy atom. The molecule has 4 aromatic carbocycles. The second-order valence-corrected chi connectivity index (χ2v) is 7.63. The summed E-state index contributed by atoms with van der Waals surface area (Å²) in [7, 11) is 0. The average Bonchev–Trinajstić information content (AvgIpc) is 3.32. The molecule has 28 heavy (non-hydrogen) atoms. The first kappa shape index (κ1) is 14.4. The molecular formula is C26H16N2. The smallest absolute Gasteiger partial charge is 0.147 e. The molecule has 0 fully saturated rings. The molecule has 2 nitrogen and oxygen atoms in total. The highest BCUT2D eigenvalue weighted by Gasteiger charge is 2.24. The van der Waals surface area contributed by atoms with Gasteiger partial charge in [0.2, 0.25) is 0 Å². The van der Waals surface area contributed by atoms with Crippen LogP contribution in [0.25, 0.3) is 49.5 Å². The summed E-state index contributed by atoms with van der Waals surface area (Å²) in [6.07, 6.45) is 1.00. The van der Waals surface area contributed by atoms with Crippen molar-refractivity contribution in [2.75, 3.05) is 0 Å². The Morgan fingerprint density at radius 2 is 1.43 bits per heavy atom. The van der Waals surface area contributed by atoms with Crippen molar-refractivity contribution in [2.45, 2.75) is 6.42 Å². The van der Waals surface area contributed by atoms with Crippen LogP contribution in [0.1, 0.15) is 11.1 Å². The predicted molar refractivity (Wildman–Crippen MR) is 116 cm³/mol. The minimum absolute atomic E-state index is 1.00. The highest BCUT2D eigenvalue weighted by Crippen LogP contribution is 2.44. The molecule has 130 valence electrons. The van der Waals surface area contributed by atoms with E-state index in [0.717, 1.165) is 17.6 Å². The Labute approximate surface area is 161 Å². The number of para-hydroxylation sites is 3. The minimum atomic E-state index is 1.00. The van der Waals surface area contributed by atoms with Gasteiger partial charge in [-0.05, 0) is 52.3 Å². The van der Waals surface area contributed by atoms with Crippen molar-refractivity contribution < 1.29 is 0 Å². The van der Waals surface area contributed by atoms with E-state index in [9.17, 15) is 0 Å². The lowest BCUT2D eigenvalue weighted by atomic mass is 9.96.